The molecule has 20 heavy (non-hydrogen) atoms. The summed E-state index contributed by atoms with van der Waals surface area (Å²) in [6.45, 7) is 2.71. The number of alkyl halides is 3. The summed E-state index contributed by atoms with van der Waals surface area (Å²) in [6, 6.07) is 5.33. The van der Waals surface area contributed by atoms with Crippen LogP contribution in [0.5, 0.6) is 0 Å². The Kier molecular flexibility index (Phi) is 4.67. The van der Waals surface area contributed by atoms with Crippen LogP contribution in [0.2, 0.25) is 0 Å². The lowest BCUT2D eigenvalue weighted by molar-refractivity contribution is -0.137. The summed E-state index contributed by atoms with van der Waals surface area (Å²) in [4.78, 5) is 2.12. The maximum Gasteiger partial charge on any atom is 0.416 e. The number of halogens is 3. The third-order valence-electron chi connectivity index (χ3n) is 3.69. The molecule has 6 heteroatoms. The van der Waals surface area contributed by atoms with E-state index in [0.717, 1.165) is 12.6 Å². The lowest BCUT2D eigenvalue weighted by Crippen LogP contribution is -2.30. The Morgan fingerprint density at radius 1 is 1.35 bits per heavy atom. The van der Waals surface area contributed by atoms with Gasteiger partial charge in [0.25, 0.3) is 0 Å². The minimum Gasteiger partial charge on any atom is -0.383 e. The molecule has 1 aliphatic heterocycles. The Bertz CT molecular complexity index is 450. The number of hydrogen-bond acceptors (Lipinski definition) is 3. The molecule has 0 aromatic heterocycles. The molecule has 3 nitrogen and oxygen atoms in total. The highest BCUT2D eigenvalue weighted by Crippen LogP contribution is 2.33. The third kappa shape index (κ3) is 3.50. The predicted octanol–water partition coefficient (Wildman–Crippen LogP) is 2.08. The fourth-order valence-electron chi connectivity index (χ4n) is 2.61. The van der Waals surface area contributed by atoms with Crippen molar-refractivity contribution in [3.05, 3.63) is 35.4 Å². The monoisotopic (exact) mass is 288 g/mol. The topological polar surface area (TPSA) is 38.5 Å². The number of nitrogens with zero attached hydrogens (tertiary/aromatic N) is 1. The van der Waals surface area contributed by atoms with Crippen molar-refractivity contribution in [3.63, 3.8) is 0 Å². The number of likely N-dealkylation sites (tertiary alicyclic amines) is 1. The molecule has 2 rings (SSSR count). The number of hydrogen-bond donors (Lipinski definition) is 1. The Morgan fingerprint density at radius 3 is 2.75 bits per heavy atom. The minimum atomic E-state index is -4.31. The Labute approximate surface area is 116 Å². The van der Waals surface area contributed by atoms with Crippen molar-refractivity contribution in [2.24, 2.45) is 5.73 Å². The summed E-state index contributed by atoms with van der Waals surface area (Å²) >= 11 is 0. The van der Waals surface area contributed by atoms with Crippen LogP contribution < -0.4 is 5.73 Å². The van der Waals surface area contributed by atoms with Crippen LogP contribution in [0, 0.1) is 0 Å². The van der Waals surface area contributed by atoms with E-state index in [9.17, 15) is 13.2 Å². The molecule has 1 saturated heterocycles. The van der Waals surface area contributed by atoms with Crippen molar-refractivity contribution >= 4 is 0 Å². The second kappa shape index (κ2) is 6.11. The number of ether oxygens (including phenoxy) is 1. The fraction of sp³-hybridized carbons (Fsp3) is 0.571. The van der Waals surface area contributed by atoms with E-state index in [1.807, 2.05) is 0 Å². The molecule has 1 aliphatic rings. The van der Waals surface area contributed by atoms with Crippen molar-refractivity contribution in [3.8, 4) is 0 Å². The van der Waals surface area contributed by atoms with Crippen molar-refractivity contribution in [1.29, 1.82) is 0 Å². The number of benzene rings is 1. The maximum atomic E-state index is 12.7. The first kappa shape index (κ1) is 15.3. The molecule has 0 bridgehead atoms. The molecule has 1 heterocycles. The van der Waals surface area contributed by atoms with E-state index in [0.29, 0.717) is 25.3 Å². The Balaban J connectivity index is 2.12. The number of nitrogens with two attached hydrogens (primary N) is 1. The maximum absolute atomic E-state index is 12.7. The van der Waals surface area contributed by atoms with Gasteiger partial charge in [-0.25, -0.2) is 0 Å². The molecular formula is C14H19F3N2O. The summed E-state index contributed by atoms with van der Waals surface area (Å²) in [6.07, 6.45) is -4.31. The molecule has 0 radical (unpaired) electrons. The SMILES string of the molecule is COCCN1CC(N)C(c2cccc(C(F)(F)F)c2)C1. The second-order valence-electron chi connectivity index (χ2n) is 5.15. The lowest BCUT2D eigenvalue weighted by atomic mass is 9.93. The quantitative estimate of drug-likeness (QED) is 0.922. The van der Waals surface area contributed by atoms with Crippen LogP contribution in [0.4, 0.5) is 13.2 Å². The van der Waals surface area contributed by atoms with E-state index in [2.05, 4.69) is 4.90 Å². The first-order valence-electron chi connectivity index (χ1n) is 6.56. The Morgan fingerprint density at radius 2 is 2.10 bits per heavy atom. The average Bonchev–Trinajstić information content (AvgIpc) is 2.77. The van der Waals surface area contributed by atoms with Crippen LogP contribution in [0.1, 0.15) is 17.0 Å². The van der Waals surface area contributed by atoms with Crippen LogP contribution in [-0.4, -0.2) is 44.3 Å². The molecule has 2 atom stereocenters. The van der Waals surface area contributed by atoms with Crippen LogP contribution in [0.25, 0.3) is 0 Å². The standard InChI is InChI=1S/C14H19F3N2O/c1-20-6-5-19-8-12(13(18)9-19)10-3-2-4-11(7-10)14(15,16)17/h2-4,7,12-13H,5-6,8-9,18H2,1H3. The summed E-state index contributed by atoms with van der Waals surface area (Å²) in [7, 11) is 1.63. The minimum absolute atomic E-state index is 0.0610. The van der Waals surface area contributed by atoms with E-state index in [1.165, 1.54) is 12.1 Å². The normalized spacial score (nSPS) is 24.2. The smallest absolute Gasteiger partial charge is 0.383 e. The molecule has 1 aromatic carbocycles. The highest BCUT2D eigenvalue weighted by atomic mass is 19.4. The zero-order valence-electron chi connectivity index (χ0n) is 11.4. The van der Waals surface area contributed by atoms with Crippen molar-refractivity contribution < 1.29 is 17.9 Å². The molecule has 0 saturated carbocycles. The third-order valence-corrected chi connectivity index (χ3v) is 3.69. The highest BCUT2D eigenvalue weighted by molar-refractivity contribution is 5.30. The van der Waals surface area contributed by atoms with E-state index < -0.39 is 11.7 Å². The van der Waals surface area contributed by atoms with Crippen LogP contribution in [0.3, 0.4) is 0 Å². The summed E-state index contributed by atoms with van der Waals surface area (Å²) in [5, 5.41) is 0. The van der Waals surface area contributed by atoms with Crippen LogP contribution >= 0.6 is 0 Å². The average molecular weight is 288 g/mol. The van der Waals surface area contributed by atoms with Gasteiger partial charge < -0.3 is 10.5 Å². The van der Waals surface area contributed by atoms with Gasteiger partial charge in [-0.05, 0) is 11.6 Å². The van der Waals surface area contributed by atoms with E-state index in [1.54, 1.807) is 13.2 Å². The van der Waals surface area contributed by atoms with Crippen molar-refractivity contribution in [1.82, 2.24) is 4.90 Å². The molecule has 1 aromatic rings. The molecular weight excluding hydrogens is 269 g/mol. The molecule has 2 unspecified atom stereocenters. The molecule has 0 aliphatic carbocycles. The van der Waals surface area contributed by atoms with Gasteiger partial charge in [-0.1, -0.05) is 18.2 Å². The first-order chi connectivity index (χ1) is 9.41. The zero-order chi connectivity index (χ0) is 14.8. The van der Waals surface area contributed by atoms with Crippen molar-refractivity contribution in [2.45, 2.75) is 18.1 Å². The van der Waals surface area contributed by atoms with E-state index in [4.69, 9.17) is 10.5 Å². The van der Waals surface area contributed by atoms with Gasteiger partial charge >= 0.3 is 6.18 Å². The molecule has 1 fully saturated rings. The van der Waals surface area contributed by atoms with Gasteiger partial charge in [-0.3, -0.25) is 4.90 Å². The fourth-order valence-corrected chi connectivity index (χ4v) is 2.61. The number of rotatable bonds is 4. The molecule has 0 spiro atoms. The summed E-state index contributed by atoms with van der Waals surface area (Å²) in [5.74, 6) is -0.0610. The largest absolute Gasteiger partial charge is 0.416 e. The van der Waals surface area contributed by atoms with E-state index in [-0.39, 0.29) is 12.0 Å². The van der Waals surface area contributed by atoms with Gasteiger partial charge in [0.2, 0.25) is 0 Å². The number of methoxy groups -OCH3 is 1. The predicted molar refractivity (Wildman–Crippen MR) is 70.5 cm³/mol. The van der Waals surface area contributed by atoms with Gasteiger partial charge in [0.1, 0.15) is 0 Å². The summed E-state index contributed by atoms with van der Waals surface area (Å²) in [5.41, 5.74) is 6.11. The van der Waals surface area contributed by atoms with Crippen LogP contribution in [-0.2, 0) is 10.9 Å². The Hall–Kier alpha value is -1.11. The van der Waals surface area contributed by atoms with Gasteiger partial charge in [0.05, 0.1) is 12.2 Å². The van der Waals surface area contributed by atoms with Crippen molar-refractivity contribution in [2.75, 3.05) is 33.4 Å². The molecule has 0 amide bonds. The van der Waals surface area contributed by atoms with Gasteiger partial charge in [-0.15, -0.1) is 0 Å². The summed E-state index contributed by atoms with van der Waals surface area (Å²) < 4.78 is 43.2. The second-order valence-corrected chi connectivity index (χ2v) is 5.15. The first-order valence-corrected chi connectivity index (χ1v) is 6.56. The van der Waals surface area contributed by atoms with Gasteiger partial charge in [-0.2, -0.15) is 13.2 Å². The van der Waals surface area contributed by atoms with Crippen LogP contribution in [0.15, 0.2) is 24.3 Å². The van der Waals surface area contributed by atoms with Gasteiger partial charge in [0, 0.05) is 38.7 Å². The highest BCUT2D eigenvalue weighted by Gasteiger charge is 2.34. The zero-order valence-corrected chi connectivity index (χ0v) is 11.4. The lowest BCUT2D eigenvalue weighted by Gasteiger charge is -2.17. The molecule has 2 N–H and O–H groups in total. The van der Waals surface area contributed by atoms with Gasteiger partial charge in [0.15, 0.2) is 0 Å². The molecule has 112 valence electrons. The van der Waals surface area contributed by atoms with E-state index >= 15 is 0 Å².